The normalized spacial score (nSPS) is 12.0. The summed E-state index contributed by atoms with van der Waals surface area (Å²) in [6.07, 6.45) is 5.30. The molecule has 25 heavy (non-hydrogen) atoms. The van der Waals surface area contributed by atoms with Crippen molar-refractivity contribution in [3.63, 3.8) is 0 Å². The van der Waals surface area contributed by atoms with E-state index < -0.39 is 11.9 Å². The third-order valence-electron chi connectivity index (χ3n) is 5.50. The summed E-state index contributed by atoms with van der Waals surface area (Å²) in [4.78, 5) is 23.3. The van der Waals surface area contributed by atoms with E-state index in [0.717, 1.165) is 32.1 Å². The minimum absolute atomic E-state index is 0.152. The topological polar surface area (TPSA) is 74.6 Å². The lowest BCUT2D eigenvalue weighted by Gasteiger charge is -2.43. The number of benzene rings is 1. The van der Waals surface area contributed by atoms with Crippen molar-refractivity contribution in [2.75, 3.05) is 0 Å². The highest BCUT2D eigenvalue weighted by molar-refractivity contribution is 5.93. The molecule has 4 nitrogen and oxygen atoms in total. The number of rotatable bonds is 10. The molecule has 0 bridgehead atoms. The van der Waals surface area contributed by atoms with Crippen LogP contribution in [0.1, 0.15) is 93.0 Å². The predicted octanol–water partition coefficient (Wildman–Crippen LogP) is 5.60. The molecule has 0 spiro atoms. The summed E-state index contributed by atoms with van der Waals surface area (Å²) in [6.45, 7) is 10.6. The van der Waals surface area contributed by atoms with E-state index in [1.54, 1.807) is 6.07 Å². The maximum Gasteiger partial charge on any atom is 0.335 e. The second-order valence-electron chi connectivity index (χ2n) is 7.53. The Hall–Kier alpha value is -1.84. The number of aromatic carboxylic acids is 2. The molecule has 0 unspecified atom stereocenters. The maximum atomic E-state index is 11.8. The molecule has 0 amide bonds. The Morgan fingerprint density at radius 3 is 2.00 bits per heavy atom. The molecular weight excluding hydrogens is 316 g/mol. The smallest absolute Gasteiger partial charge is 0.335 e. The van der Waals surface area contributed by atoms with Gasteiger partial charge in [-0.05, 0) is 42.0 Å². The van der Waals surface area contributed by atoms with Gasteiger partial charge in [-0.1, -0.05) is 60.3 Å². The van der Waals surface area contributed by atoms with Gasteiger partial charge in [-0.15, -0.1) is 0 Å². The highest BCUT2D eigenvalue weighted by atomic mass is 16.4. The molecule has 4 heteroatoms. The lowest BCUT2D eigenvalue weighted by Crippen LogP contribution is -2.39. The van der Waals surface area contributed by atoms with Crippen LogP contribution in [0.2, 0.25) is 0 Å². The zero-order valence-electron chi connectivity index (χ0n) is 16.1. The van der Waals surface area contributed by atoms with E-state index in [-0.39, 0.29) is 28.4 Å². The van der Waals surface area contributed by atoms with Gasteiger partial charge in [0.2, 0.25) is 0 Å². The van der Waals surface area contributed by atoms with Crippen LogP contribution in [0.25, 0.3) is 0 Å². The fourth-order valence-electron chi connectivity index (χ4n) is 4.09. The van der Waals surface area contributed by atoms with E-state index in [0.29, 0.717) is 5.56 Å². The number of carbonyl (C=O) groups is 2. The van der Waals surface area contributed by atoms with Gasteiger partial charge in [-0.25, -0.2) is 9.59 Å². The summed E-state index contributed by atoms with van der Waals surface area (Å²) < 4.78 is 0. The SMILES string of the molecule is CCCCCCC(c1cc(C(=O)O)ccc1C(=O)O)(C(C)C)C(C)C. The van der Waals surface area contributed by atoms with Gasteiger partial charge < -0.3 is 10.2 Å². The van der Waals surface area contributed by atoms with Crippen LogP contribution in [0.3, 0.4) is 0 Å². The van der Waals surface area contributed by atoms with Crippen molar-refractivity contribution in [1.82, 2.24) is 0 Å². The van der Waals surface area contributed by atoms with E-state index >= 15 is 0 Å². The van der Waals surface area contributed by atoms with E-state index in [4.69, 9.17) is 0 Å². The zero-order chi connectivity index (χ0) is 19.2. The molecule has 0 aromatic heterocycles. The van der Waals surface area contributed by atoms with Gasteiger partial charge in [0.1, 0.15) is 0 Å². The maximum absolute atomic E-state index is 11.8. The molecule has 0 saturated heterocycles. The van der Waals surface area contributed by atoms with Gasteiger partial charge >= 0.3 is 11.9 Å². The van der Waals surface area contributed by atoms with Crippen molar-refractivity contribution in [3.05, 3.63) is 34.9 Å². The zero-order valence-corrected chi connectivity index (χ0v) is 16.1. The summed E-state index contributed by atoms with van der Waals surface area (Å²) in [5, 5.41) is 19.1. The van der Waals surface area contributed by atoms with Crippen LogP contribution in [-0.4, -0.2) is 22.2 Å². The molecule has 0 aliphatic carbocycles. The quantitative estimate of drug-likeness (QED) is 0.539. The van der Waals surface area contributed by atoms with Crippen molar-refractivity contribution in [3.8, 4) is 0 Å². The lowest BCUT2D eigenvalue weighted by molar-refractivity contribution is 0.0674. The summed E-state index contributed by atoms with van der Waals surface area (Å²) in [5.41, 5.74) is 0.691. The fourth-order valence-corrected chi connectivity index (χ4v) is 4.09. The Balaban J connectivity index is 3.53. The first-order chi connectivity index (χ1) is 11.7. The van der Waals surface area contributed by atoms with Crippen LogP contribution >= 0.6 is 0 Å². The summed E-state index contributed by atoms with van der Waals surface area (Å²) >= 11 is 0. The molecule has 2 N–H and O–H groups in total. The fraction of sp³-hybridized carbons (Fsp3) is 0.619. The molecule has 0 aliphatic rings. The third-order valence-corrected chi connectivity index (χ3v) is 5.50. The minimum atomic E-state index is -1.02. The first kappa shape index (κ1) is 21.2. The van der Waals surface area contributed by atoms with Crippen molar-refractivity contribution in [2.24, 2.45) is 11.8 Å². The van der Waals surface area contributed by atoms with Crippen LogP contribution < -0.4 is 0 Å². The molecule has 1 aromatic rings. The average molecular weight is 348 g/mol. The van der Waals surface area contributed by atoms with E-state index in [1.807, 2.05) is 0 Å². The largest absolute Gasteiger partial charge is 0.478 e. The van der Waals surface area contributed by atoms with E-state index in [1.165, 1.54) is 12.1 Å². The summed E-state index contributed by atoms with van der Waals surface area (Å²) in [5.74, 6) is -1.61. The molecule has 0 heterocycles. The van der Waals surface area contributed by atoms with Gasteiger partial charge in [-0.3, -0.25) is 0 Å². The number of unbranched alkanes of at least 4 members (excludes halogenated alkanes) is 3. The predicted molar refractivity (Wildman–Crippen MR) is 100 cm³/mol. The molecular formula is C21H32O4. The Kier molecular flexibility index (Phi) is 7.65. The summed E-state index contributed by atoms with van der Waals surface area (Å²) in [7, 11) is 0. The Morgan fingerprint density at radius 1 is 0.960 bits per heavy atom. The Morgan fingerprint density at radius 2 is 1.56 bits per heavy atom. The number of carboxylic acids is 2. The van der Waals surface area contributed by atoms with Gasteiger partial charge in [0.25, 0.3) is 0 Å². The molecule has 0 atom stereocenters. The minimum Gasteiger partial charge on any atom is -0.478 e. The average Bonchev–Trinajstić information content (AvgIpc) is 2.53. The van der Waals surface area contributed by atoms with Crippen molar-refractivity contribution >= 4 is 11.9 Å². The third kappa shape index (κ3) is 4.62. The molecule has 0 fully saturated rings. The van der Waals surface area contributed by atoms with Crippen LogP contribution in [0.4, 0.5) is 0 Å². The van der Waals surface area contributed by atoms with Crippen molar-refractivity contribution in [1.29, 1.82) is 0 Å². The molecule has 0 saturated carbocycles. The molecule has 1 aromatic carbocycles. The van der Waals surface area contributed by atoms with Crippen LogP contribution in [0.15, 0.2) is 18.2 Å². The standard InChI is InChI=1S/C21H32O4/c1-6-7-8-9-12-21(14(2)3,15(4)5)18-13-16(19(22)23)10-11-17(18)20(24)25/h10-11,13-15H,6-9,12H2,1-5H3,(H,22,23)(H,24,25). The highest BCUT2D eigenvalue weighted by Crippen LogP contribution is 2.45. The number of carboxylic acid groups (broad SMARTS) is 2. The number of hydrogen-bond acceptors (Lipinski definition) is 2. The second kappa shape index (κ2) is 9.02. The van der Waals surface area contributed by atoms with E-state index in [2.05, 4.69) is 34.6 Å². The van der Waals surface area contributed by atoms with Crippen LogP contribution in [0.5, 0.6) is 0 Å². The van der Waals surface area contributed by atoms with Gasteiger partial charge in [0.15, 0.2) is 0 Å². The van der Waals surface area contributed by atoms with Crippen LogP contribution in [-0.2, 0) is 5.41 Å². The van der Waals surface area contributed by atoms with Crippen LogP contribution in [0, 0.1) is 11.8 Å². The highest BCUT2D eigenvalue weighted by Gasteiger charge is 2.41. The molecule has 0 radical (unpaired) electrons. The van der Waals surface area contributed by atoms with Gasteiger partial charge in [-0.2, -0.15) is 0 Å². The summed E-state index contributed by atoms with van der Waals surface area (Å²) in [6, 6.07) is 4.43. The van der Waals surface area contributed by atoms with Gasteiger partial charge in [0.05, 0.1) is 11.1 Å². The van der Waals surface area contributed by atoms with Gasteiger partial charge in [0, 0.05) is 5.41 Å². The molecule has 0 aliphatic heterocycles. The molecule has 140 valence electrons. The second-order valence-corrected chi connectivity index (χ2v) is 7.53. The molecule has 1 rings (SSSR count). The monoisotopic (exact) mass is 348 g/mol. The van der Waals surface area contributed by atoms with Crippen molar-refractivity contribution in [2.45, 2.75) is 72.1 Å². The first-order valence-corrected chi connectivity index (χ1v) is 9.29. The van der Waals surface area contributed by atoms with Crippen molar-refractivity contribution < 1.29 is 19.8 Å². The lowest BCUT2D eigenvalue weighted by atomic mass is 9.60. The number of hydrogen-bond donors (Lipinski definition) is 2. The Labute approximate surface area is 151 Å². The first-order valence-electron chi connectivity index (χ1n) is 9.29. The Bertz CT molecular complexity index is 594. The van der Waals surface area contributed by atoms with E-state index in [9.17, 15) is 19.8 Å².